The Morgan fingerprint density at radius 3 is 1.02 bits per heavy atom. The number of benzene rings is 4. The molecule has 5 heterocycles. The molecule has 2 aliphatic heterocycles. The van der Waals surface area contributed by atoms with Crippen LogP contribution in [0.5, 0.6) is 23.0 Å². The van der Waals surface area contributed by atoms with Crippen molar-refractivity contribution in [3.8, 4) is 67.5 Å². The number of aromatic nitrogens is 4. The van der Waals surface area contributed by atoms with Crippen molar-refractivity contribution in [2.45, 2.75) is 0 Å². The first-order valence-electron chi connectivity index (χ1n) is 20.0. The molecule has 6 N–H and O–H groups in total. The fourth-order valence-corrected chi connectivity index (χ4v) is 7.80. The van der Waals surface area contributed by atoms with Crippen LogP contribution in [0.4, 0.5) is 0 Å². The van der Waals surface area contributed by atoms with E-state index in [1.807, 2.05) is 133 Å². The van der Waals surface area contributed by atoms with Gasteiger partial charge in [-0.2, -0.15) is 0 Å². The largest absolute Gasteiger partial charge is 0.508 e. The van der Waals surface area contributed by atoms with Gasteiger partial charge in [0.05, 0.1) is 42.6 Å². The minimum Gasteiger partial charge on any atom is -0.508 e. The zero-order valence-corrected chi connectivity index (χ0v) is 33.0. The molecule has 0 amide bonds. The number of aliphatic hydroxyl groups is 3. The van der Waals surface area contributed by atoms with Crippen LogP contribution in [0.25, 0.3) is 90.9 Å². The summed E-state index contributed by atoms with van der Waals surface area (Å²) in [5.74, 6) is 1.94. The van der Waals surface area contributed by atoms with Crippen molar-refractivity contribution in [2.24, 2.45) is 0 Å². The van der Waals surface area contributed by atoms with E-state index < -0.39 is 0 Å². The number of nitrogens with zero attached hydrogens (tertiary/aromatic N) is 2. The Labute approximate surface area is 351 Å². The molecular formula is C50H42N4O7. The van der Waals surface area contributed by atoms with Gasteiger partial charge in [0.1, 0.15) is 42.8 Å². The van der Waals surface area contributed by atoms with Crippen LogP contribution in [0.15, 0.2) is 121 Å². The summed E-state index contributed by atoms with van der Waals surface area (Å²) < 4.78 is 17.6. The molecule has 0 radical (unpaired) electrons. The third-order valence-electron chi connectivity index (χ3n) is 10.3. The normalized spacial score (nSPS) is 11.9. The summed E-state index contributed by atoms with van der Waals surface area (Å²) in [5.41, 5.74) is 12.4. The number of fused-ring (bicyclic) bond motifs is 8. The van der Waals surface area contributed by atoms with Crippen LogP contribution in [-0.4, -0.2) is 80.0 Å². The van der Waals surface area contributed by atoms with Crippen molar-refractivity contribution in [1.82, 2.24) is 19.9 Å². The molecule has 0 fully saturated rings. The van der Waals surface area contributed by atoms with Crippen molar-refractivity contribution in [3.63, 3.8) is 0 Å². The van der Waals surface area contributed by atoms with Crippen LogP contribution >= 0.6 is 0 Å². The average molecular weight is 811 g/mol. The number of rotatable bonds is 13. The fourth-order valence-electron chi connectivity index (χ4n) is 7.80. The molecule has 0 spiro atoms. The summed E-state index contributed by atoms with van der Waals surface area (Å²) in [6.45, 7) is 0.113. The molecule has 4 aromatic carbocycles. The number of hydrogen-bond donors (Lipinski definition) is 6. The van der Waals surface area contributed by atoms with E-state index in [4.69, 9.17) is 24.2 Å². The first kappa shape index (κ1) is 39.0. The highest BCUT2D eigenvalue weighted by Gasteiger charge is 2.20. The lowest BCUT2D eigenvalue weighted by Crippen LogP contribution is -2.01. The average Bonchev–Trinajstić information content (AvgIpc) is 4.13. The predicted molar refractivity (Wildman–Crippen MR) is 240 cm³/mol. The van der Waals surface area contributed by atoms with Gasteiger partial charge in [0.25, 0.3) is 0 Å². The van der Waals surface area contributed by atoms with E-state index in [2.05, 4.69) is 9.97 Å². The molecule has 7 aromatic rings. The number of aromatic hydroxyl groups is 1. The molecule has 0 saturated carbocycles. The van der Waals surface area contributed by atoms with E-state index in [-0.39, 0.29) is 45.4 Å². The summed E-state index contributed by atoms with van der Waals surface area (Å²) in [5, 5.41) is 39.3. The van der Waals surface area contributed by atoms with E-state index >= 15 is 0 Å². The molecule has 11 nitrogen and oxygen atoms in total. The Balaban J connectivity index is 1.42. The highest BCUT2D eigenvalue weighted by molar-refractivity contribution is 6.00. The smallest absolute Gasteiger partial charge is 0.120 e. The zero-order valence-electron chi connectivity index (χ0n) is 33.0. The molecule has 0 atom stereocenters. The van der Waals surface area contributed by atoms with Gasteiger partial charge >= 0.3 is 0 Å². The molecule has 11 heteroatoms. The maximum Gasteiger partial charge on any atom is 0.120 e. The van der Waals surface area contributed by atoms with E-state index in [1.165, 1.54) is 0 Å². The van der Waals surface area contributed by atoms with Gasteiger partial charge in [0.15, 0.2) is 0 Å². The number of aliphatic hydroxyl groups excluding tert-OH is 3. The highest BCUT2D eigenvalue weighted by atomic mass is 16.5. The maximum atomic E-state index is 10.7. The van der Waals surface area contributed by atoms with Gasteiger partial charge in [0.2, 0.25) is 0 Å². The van der Waals surface area contributed by atoms with Crippen molar-refractivity contribution >= 4 is 46.4 Å². The first-order valence-corrected chi connectivity index (χ1v) is 20.0. The molecule has 3 aromatic heterocycles. The van der Waals surface area contributed by atoms with Gasteiger partial charge in [-0.25, -0.2) is 9.97 Å². The quantitative estimate of drug-likeness (QED) is 0.0666. The monoisotopic (exact) mass is 810 g/mol. The van der Waals surface area contributed by atoms with Gasteiger partial charge in [-0.3, -0.25) is 0 Å². The van der Waals surface area contributed by atoms with Crippen LogP contribution in [0, 0.1) is 0 Å². The molecular weight excluding hydrogens is 769 g/mol. The third-order valence-corrected chi connectivity index (χ3v) is 10.3. The topological polar surface area (TPSA) is 166 Å². The Morgan fingerprint density at radius 2 is 0.705 bits per heavy atom. The van der Waals surface area contributed by atoms with Crippen molar-refractivity contribution in [3.05, 3.63) is 144 Å². The van der Waals surface area contributed by atoms with Gasteiger partial charge < -0.3 is 44.6 Å². The number of phenolic OH excluding ortho intramolecular Hbond substituents is 1. The Bertz CT molecular complexity index is 2930. The highest BCUT2D eigenvalue weighted by Crippen LogP contribution is 2.40. The third kappa shape index (κ3) is 8.13. The lowest BCUT2D eigenvalue weighted by molar-refractivity contribution is 0.201. The van der Waals surface area contributed by atoms with Crippen LogP contribution < -0.4 is 14.2 Å². The lowest BCUT2D eigenvalue weighted by atomic mass is 10.0. The summed E-state index contributed by atoms with van der Waals surface area (Å²) >= 11 is 0. The maximum absolute atomic E-state index is 10.7. The summed E-state index contributed by atoms with van der Waals surface area (Å²) in [6.07, 6.45) is 7.97. The molecule has 61 heavy (non-hydrogen) atoms. The molecule has 8 bridgehead atoms. The molecule has 304 valence electrons. The second-order valence-corrected chi connectivity index (χ2v) is 14.4. The van der Waals surface area contributed by atoms with E-state index in [9.17, 15) is 20.4 Å². The number of nitrogens with one attached hydrogen (secondary N) is 2. The molecule has 2 aliphatic rings. The number of ether oxygens (including phenoxy) is 3. The second-order valence-electron chi connectivity index (χ2n) is 14.4. The molecule has 9 rings (SSSR count). The second kappa shape index (κ2) is 17.4. The van der Waals surface area contributed by atoms with E-state index in [0.717, 1.165) is 66.6 Å². The summed E-state index contributed by atoms with van der Waals surface area (Å²) in [6, 6.07) is 38.4. The van der Waals surface area contributed by atoms with Crippen LogP contribution in [0.2, 0.25) is 0 Å². The fraction of sp³-hybridized carbons (Fsp3) is 0.120. The molecule has 0 saturated heterocycles. The minimum absolute atomic E-state index is 0.115. The van der Waals surface area contributed by atoms with Gasteiger partial charge in [0, 0.05) is 44.3 Å². The predicted octanol–water partition coefficient (Wildman–Crippen LogP) is 9.14. The SMILES string of the molecule is OCCOc1cccc(-c2c3nc(c(-c4cccc(OCCO)c4)c4ccc([nH]4)c(-c4cccc(OCCO)c4)c4nc(c(-c5cccc(O)c5)c5ccc2[nH]5)C=C4)C=C3)c1. The van der Waals surface area contributed by atoms with Gasteiger partial charge in [-0.15, -0.1) is 0 Å². The molecule has 0 aliphatic carbocycles. The van der Waals surface area contributed by atoms with Crippen molar-refractivity contribution in [2.75, 3.05) is 39.6 Å². The van der Waals surface area contributed by atoms with Crippen molar-refractivity contribution in [1.29, 1.82) is 0 Å². The van der Waals surface area contributed by atoms with Gasteiger partial charge in [-0.1, -0.05) is 48.5 Å². The standard InChI is InChI=1S/C50H42N4O7/c55-21-24-59-36-10-2-6-32(28-36)48-41-15-13-39(51-41)47(31-5-1-9-35(58)27-31)40-14-16-42(52-40)49(33-7-3-11-37(29-33)60-25-22-56)44-18-20-46(54-44)50(45-19-17-43(48)53-45)34-8-4-12-38(30-34)61-26-23-57/h1-20,27-30,51,54-58H,21-26H2. The minimum atomic E-state index is -0.116. The summed E-state index contributed by atoms with van der Waals surface area (Å²) in [4.78, 5) is 18.1. The molecule has 0 unspecified atom stereocenters. The van der Waals surface area contributed by atoms with Crippen molar-refractivity contribution < 1.29 is 34.6 Å². The number of phenols is 1. The van der Waals surface area contributed by atoms with E-state index in [0.29, 0.717) is 40.0 Å². The Morgan fingerprint density at radius 1 is 0.393 bits per heavy atom. The Kier molecular flexibility index (Phi) is 11.2. The lowest BCUT2D eigenvalue weighted by Gasteiger charge is -2.10. The van der Waals surface area contributed by atoms with E-state index in [1.54, 1.807) is 12.1 Å². The van der Waals surface area contributed by atoms with Crippen LogP contribution in [0.1, 0.15) is 22.8 Å². The zero-order chi connectivity index (χ0) is 41.7. The van der Waals surface area contributed by atoms with Crippen LogP contribution in [-0.2, 0) is 0 Å². The Hall–Kier alpha value is -7.44. The first-order chi connectivity index (χ1) is 30.0. The van der Waals surface area contributed by atoms with Crippen LogP contribution in [0.3, 0.4) is 0 Å². The van der Waals surface area contributed by atoms with Gasteiger partial charge in [-0.05, 0) is 119 Å². The number of H-pyrrole nitrogens is 2. The number of hydrogen-bond acceptors (Lipinski definition) is 9. The number of aromatic amines is 2. The summed E-state index contributed by atoms with van der Waals surface area (Å²) in [7, 11) is 0.